The van der Waals surface area contributed by atoms with E-state index in [9.17, 15) is 0 Å². The first-order valence-corrected chi connectivity index (χ1v) is 21.7. The maximum absolute atomic E-state index is 3.58. The molecule has 0 aromatic heterocycles. The Morgan fingerprint density at radius 2 is 1.09 bits per heavy atom. The van der Waals surface area contributed by atoms with Gasteiger partial charge in [-0.25, -0.2) is 0 Å². The van der Waals surface area contributed by atoms with Gasteiger partial charge in [0, 0.05) is 17.7 Å². The molecule has 5 aromatic rings. The largest absolute Gasteiger partial charge is 2.00 e. The van der Waals surface area contributed by atoms with Crippen molar-refractivity contribution in [2.45, 2.75) is 12.1 Å². The first-order chi connectivity index (χ1) is 27.5. The van der Waals surface area contributed by atoms with E-state index in [0.29, 0.717) is 0 Å². The second-order valence-corrected chi connectivity index (χ2v) is 18.4. The van der Waals surface area contributed by atoms with Crippen molar-refractivity contribution in [2.24, 2.45) is 0 Å². The zero-order valence-corrected chi connectivity index (χ0v) is 35.7. The number of benzene rings is 5. The minimum Gasteiger partial charge on any atom is -0.309 e. The van der Waals surface area contributed by atoms with Crippen LogP contribution in [0.25, 0.3) is 0 Å². The van der Waals surface area contributed by atoms with Crippen molar-refractivity contribution in [1.82, 2.24) is 9.80 Å². The fraction of sp³-hybridized carbons (Fsp3) is 0.115. The van der Waals surface area contributed by atoms with Gasteiger partial charge in [0.15, 0.2) is 0 Å². The van der Waals surface area contributed by atoms with Crippen LogP contribution in [0.2, 0.25) is 0 Å². The van der Waals surface area contributed by atoms with Gasteiger partial charge in [0.1, 0.15) is 0 Å². The van der Waals surface area contributed by atoms with Crippen molar-refractivity contribution in [3.05, 3.63) is 251 Å². The fourth-order valence-electron chi connectivity index (χ4n) is 7.40. The molecule has 0 saturated carbocycles. The minimum atomic E-state index is -0.691. The standard InChI is InChI=1S/C26H24NP.C26H23NP.Fe/c2*1-27(2)26(21-13-6-3-7-14-21)24-19-12-20-25(24)28(22-15-8-4-9-16-22)23-17-10-5-11-18-23;/h3-18,20,26H,1-2H3;3-11,13-19,26H,1-2H3;/q2*-1;+2/t2*26-;/m11./s1. The third-order valence-corrected chi connectivity index (χ3v) is 14.7. The summed E-state index contributed by atoms with van der Waals surface area (Å²) in [5.74, 6) is 1.29. The number of rotatable bonds is 12. The SMILES string of the molecule is CN(C)[C@@H](C1=C=CC=C1P(c1ccccc1)c1ccccc1)C1=C[CH]C=C[CH-]1.CN(C)[C@H](c1ccccc1)[C-]1C=C=C=C1P(c1ccccc1)c1ccccc1.[Fe+2]. The van der Waals surface area contributed by atoms with Gasteiger partial charge in [-0.05, 0) is 88.3 Å². The number of likely N-dealkylation sites (N-methyl/N-ethyl adjacent to an activating group) is 1. The average molecular weight is 818 g/mol. The molecule has 0 N–H and O–H groups in total. The normalized spacial score (nSPS) is 15.1. The van der Waals surface area contributed by atoms with Crippen molar-refractivity contribution < 1.29 is 17.1 Å². The molecule has 5 heteroatoms. The van der Waals surface area contributed by atoms with Gasteiger partial charge >= 0.3 is 17.1 Å². The van der Waals surface area contributed by atoms with Crippen LogP contribution >= 0.6 is 15.8 Å². The van der Waals surface area contributed by atoms with Crippen LogP contribution in [-0.2, 0) is 17.1 Å². The molecular formula is C52H47FeN2P2. The maximum Gasteiger partial charge on any atom is 2.00 e. The van der Waals surface area contributed by atoms with Crippen LogP contribution in [0, 0.1) is 18.8 Å². The summed E-state index contributed by atoms with van der Waals surface area (Å²) in [5, 5.41) is 8.06. The zero-order chi connectivity index (χ0) is 38.7. The second kappa shape index (κ2) is 20.6. The van der Waals surface area contributed by atoms with Gasteiger partial charge in [-0.15, -0.1) is 29.7 Å². The third kappa shape index (κ3) is 10.0. The maximum atomic E-state index is 3.58. The number of hydrogen-bond acceptors (Lipinski definition) is 2. The first-order valence-electron chi connectivity index (χ1n) is 19.0. The van der Waals surface area contributed by atoms with E-state index in [1.165, 1.54) is 54.5 Å². The van der Waals surface area contributed by atoms with Gasteiger partial charge < -0.3 is 10.6 Å². The van der Waals surface area contributed by atoms with Crippen LogP contribution in [0.15, 0.2) is 227 Å². The Labute approximate surface area is 353 Å². The molecule has 2 nitrogen and oxygen atoms in total. The summed E-state index contributed by atoms with van der Waals surface area (Å²) in [5.41, 5.74) is 14.2. The average Bonchev–Trinajstić information content (AvgIpc) is 3.91. The molecule has 1 radical (unpaired) electrons. The smallest absolute Gasteiger partial charge is 0.309 e. The summed E-state index contributed by atoms with van der Waals surface area (Å²) in [6, 6.07) is 54.4. The van der Waals surface area contributed by atoms with E-state index in [1.54, 1.807) is 0 Å². The van der Waals surface area contributed by atoms with Crippen molar-refractivity contribution >= 4 is 37.1 Å². The summed E-state index contributed by atoms with van der Waals surface area (Å²) in [7, 11) is 7.25. The van der Waals surface area contributed by atoms with Gasteiger partial charge in [-0.3, -0.25) is 10.6 Å². The molecule has 0 aliphatic heterocycles. The predicted molar refractivity (Wildman–Crippen MR) is 242 cm³/mol. The van der Waals surface area contributed by atoms with Crippen LogP contribution in [0.1, 0.15) is 11.6 Å². The molecule has 5 aromatic carbocycles. The molecule has 0 bridgehead atoms. The van der Waals surface area contributed by atoms with Crippen molar-refractivity contribution in [3.63, 3.8) is 0 Å². The molecule has 0 amide bonds. The number of allylic oxidation sites excluding steroid dienone is 4. The van der Waals surface area contributed by atoms with Gasteiger partial charge in [0.2, 0.25) is 0 Å². The second-order valence-electron chi connectivity index (χ2n) is 14.1. The van der Waals surface area contributed by atoms with E-state index in [0.717, 1.165) is 0 Å². The molecule has 0 spiro atoms. The van der Waals surface area contributed by atoms with E-state index < -0.39 is 15.8 Å². The van der Waals surface area contributed by atoms with Crippen LogP contribution in [-0.4, -0.2) is 44.0 Å². The molecule has 8 rings (SSSR count). The topological polar surface area (TPSA) is 6.48 Å². The van der Waals surface area contributed by atoms with Gasteiger partial charge in [0.25, 0.3) is 0 Å². The summed E-state index contributed by atoms with van der Waals surface area (Å²) in [6.45, 7) is 0. The number of hydrogen-bond donors (Lipinski definition) is 0. The molecule has 0 saturated heterocycles. The van der Waals surface area contributed by atoms with Gasteiger partial charge in [0.05, 0.1) is 0 Å². The predicted octanol–water partition coefficient (Wildman–Crippen LogP) is 10.1. The Kier molecular flexibility index (Phi) is 15.1. The molecule has 0 heterocycles. The van der Waals surface area contributed by atoms with Crippen LogP contribution < -0.4 is 21.2 Å². The monoisotopic (exact) mass is 817 g/mol. The summed E-state index contributed by atoms with van der Waals surface area (Å²) in [4.78, 5) is 4.56. The quantitative estimate of drug-likeness (QED) is 0.0536. The van der Waals surface area contributed by atoms with Crippen molar-refractivity contribution in [2.75, 3.05) is 28.2 Å². The number of nitrogens with zero attached hydrogens (tertiary/aromatic N) is 2. The molecule has 57 heavy (non-hydrogen) atoms. The Balaban J connectivity index is 0.000000189. The fourth-order valence-corrected chi connectivity index (χ4v) is 12.2. The van der Waals surface area contributed by atoms with E-state index in [2.05, 4.69) is 256 Å². The van der Waals surface area contributed by atoms with Crippen LogP contribution in [0.5, 0.6) is 0 Å². The van der Waals surface area contributed by atoms with E-state index in [4.69, 9.17) is 0 Å². The summed E-state index contributed by atoms with van der Waals surface area (Å²) < 4.78 is 0. The Morgan fingerprint density at radius 1 is 0.596 bits per heavy atom. The third-order valence-electron chi connectivity index (χ3n) is 9.80. The Morgan fingerprint density at radius 3 is 1.54 bits per heavy atom. The van der Waals surface area contributed by atoms with Gasteiger partial charge in [-0.1, -0.05) is 157 Å². The first kappa shape index (κ1) is 41.8. The molecule has 2 atom stereocenters. The van der Waals surface area contributed by atoms with E-state index >= 15 is 0 Å². The van der Waals surface area contributed by atoms with E-state index in [-0.39, 0.29) is 29.2 Å². The molecular weight excluding hydrogens is 770 g/mol. The van der Waals surface area contributed by atoms with Crippen molar-refractivity contribution in [1.29, 1.82) is 0 Å². The summed E-state index contributed by atoms with van der Waals surface area (Å²) in [6.07, 6.45) is 17.2. The van der Waals surface area contributed by atoms with Crippen LogP contribution in [0.4, 0.5) is 0 Å². The molecule has 3 aliphatic rings. The molecule has 3 aliphatic carbocycles. The van der Waals surface area contributed by atoms with Gasteiger partial charge in [-0.2, -0.15) is 24.6 Å². The Bertz CT molecular complexity index is 2250. The van der Waals surface area contributed by atoms with Crippen LogP contribution in [0.3, 0.4) is 0 Å². The van der Waals surface area contributed by atoms with E-state index in [1.807, 2.05) is 0 Å². The Hall–Kier alpha value is -4.82. The molecule has 0 unspecified atom stereocenters. The van der Waals surface area contributed by atoms with Crippen molar-refractivity contribution in [3.8, 4) is 0 Å². The molecule has 0 fully saturated rings. The summed E-state index contributed by atoms with van der Waals surface area (Å²) >= 11 is 0. The minimum absolute atomic E-state index is 0. The molecule has 283 valence electrons. The zero-order valence-electron chi connectivity index (χ0n) is 32.8.